The minimum atomic E-state index is -4.35. The number of nitrogens with zero attached hydrogens (tertiary/aromatic N) is 4. The molecule has 1 N–H and O–H groups in total. The fraction of sp³-hybridized carbons (Fsp3) is 0.176. The molecule has 2 aromatic heterocycles. The zero-order chi connectivity index (χ0) is 22.8. The van der Waals surface area contributed by atoms with E-state index in [4.69, 9.17) is 4.42 Å². The molecule has 0 spiro atoms. The second-order valence-corrected chi connectivity index (χ2v) is 8.02. The van der Waals surface area contributed by atoms with Crippen LogP contribution in [0.4, 0.5) is 11.4 Å². The summed E-state index contributed by atoms with van der Waals surface area (Å²) in [5, 5.41) is 26.4. The van der Waals surface area contributed by atoms with Crippen molar-refractivity contribution in [3.63, 3.8) is 0 Å². The average molecular weight is 449 g/mol. The number of aromatic nitrogens is 2. The van der Waals surface area contributed by atoms with Crippen LogP contribution < -0.4 is 10.3 Å². The summed E-state index contributed by atoms with van der Waals surface area (Å²) in [7, 11) is -4.35. The number of rotatable bonds is 8. The molecule has 31 heavy (non-hydrogen) atoms. The predicted molar refractivity (Wildman–Crippen MR) is 106 cm³/mol. The Balaban J connectivity index is 1.83. The number of hydrogen-bond acceptors (Lipinski definition) is 9. The van der Waals surface area contributed by atoms with E-state index in [1.165, 1.54) is 18.4 Å². The Bertz CT molecular complexity index is 1280. The van der Waals surface area contributed by atoms with Crippen LogP contribution in [0, 0.1) is 27.2 Å². The lowest BCUT2D eigenvalue weighted by atomic mass is 10.1. The van der Waals surface area contributed by atoms with Crippen molar-refractivity contribution in [2.75, 3.05) is 6.54 Å². The molecular formula is C17H15N5O8S. The highest BCUT2D eigenvalue weighted by molar-refractivity contribution is 7.89. The first-order valence-corrected chi connectivity index (χ1v) is 10.1. The van der Waals surface area contributed by atoms with Crippen LogP contribution in [0.5, 0.6) is 0 Å². The Labute approximate surface area is 174 Å². The summed E-state index contributed by atoms with van der Waals surface area (Å²) < 4.78 is 33.5. The van der Waals surface area contributed by atoms with E-state index in [2.05, 4.69) is 9.82 Å². The van der Waals surface area contributed by atoms with Gasteiger partial charge in [0.2, 0.25) is 10.0 Å². The van der Waals surface area contributed by atoms with Crippen molar-refractivity contribution in [1.82, 2.24) is 14.5 Å². The quantitative estimate of drug-likeness (QED) is 0.394. The maximum atomic E-state index is 12.5. The van der Waals surface area contributed by atoms with E-state index in [1.807, 2.05) is 0 Å². The van der Waals surface area contributed by atoms with E-state index in [-0.39, 0.29) is 18.7 Å². The number of furan rings is 1. The van der Waals surface area contributed by atoms with E-state index in [9.17, 15) is 33.4 Å². The fourth-order valence-electron chi connectivity index (χ4n) is 2.73. The van der Waals surface area contributed by atoms with Crippen LogP contribution in [0.3, 0.4) is 0 Å². The van der Waals surface area contributed by atoms with Gasteiger partial charge in [-0.15, -0.1) is 0 Å². The highest BCUT2D eigenvalue weighted by Gasteiger charge is 2.27. The van der Waals surface area contributed by atoms with Crippen molar-refractivity contribution in [2.45, 2.75) is 18.4 Å². The molecule has 0 aliphatic carbocycles. The van der Waals surface area contributed by atoms with E-state index < -0.39 is 41.7 Å². The Hall–Kier alpha value is -3.91. The van der Waals surface area contributed by atoms with Crippen LogP contribution in [-0.2, 0) is 16.6 Å². The van der Waals surface area contributed by atoms with Crippen LogP contribution in [0.1, 0.15) is 5.56 Å². The summed E-state index contributed by atoms with van der Waals surface area (Å²) in [5.41, 5.74) is -1.79. The molecule has 162 valence electrons. The highest BCUT2D eigenvalue weighted by atomic mass is 32.2. The molecule has 0 saturated carbocycles. The van der Waals surface area contributed by atoms with E-state index in [0.717, 1.165) is 23.7 Å². The lowest BCUT2D eigenvalue weighted by Crippen LogP contribution is -2.32. The third kappa shape index (κ3) is 4.65. The Kier molecular flexibility index (Phi) is 5.94. The van der Waals surface area contributed by atoms with Gasteiger partial charge in [0.25, 0.3) is 16.9 Å². The van der Waals surface area contributed by atoms with Crippen LogP contribution >= 0.6 is 0 Å². The molecule has 3 rings (SSSR count). The molecule has 0 bridgehead atoms. The number of nitro groups is 2. The molecule has 0 fully saturated rings. The molecule has 2 heterocycles. The zero-order valence-electron chi connectivity index (χ0n) is 15.9. The van der Waals surface area contributed by atoms with Crippen molar-refractivity contribution >= 4 is 21.4 Å². The SMILES string of the molecule is Cc1c([N+](=O)[O-])cc(S(=O)(=O)NCCn2nc(-c3ccco3)ccc2=O)cc1[N+](=O)[O-]. The van der Waals surface area contributed by atoms with Gasteiger partial charge in [0, 0.05) is 24.7 Å². The first kappa shape index (κ1) is 21.8. The molecule has 13 nitrogen and oxygen atoms in total. The summed E-state index contributed by atoms with van der Waals surface area (Å²) in [5.74, 6) is 0.411. The highest BCUT2D eigenvalue weighted by Crippen LogP contribution is 2.31. The third-order valence-corrected chi connectivity index (χ3v) is 5.73. The normalized spacial score (nSPS) is 11.4. The smallest absolute Gasteiger partial charge is 0.280 e. The molecule has 0 amide bonds. The lowest BCUT2D eigenvalue weighted by Gasteiger charge is -2.09. The van der Waals surface area contributed by atoms with Crippen molar-refractivity contribution in [3.8, 4) is 11.5 Å². The topological polar surface area (TPSA) is 180 Å². The molecule has 0 aliphatic rings. The Morgan fingerprint density at radius 3 is 2.32 bits per heavy atom. The molecule has 3 aromatic rings. The largest absolute Gasteiger partial charge is 0.463 e. The molecule has 0 saturated heterocycles. The number of sulfonamides is 1. The Morgan fingerprint density at radius 1 is 1.13 bits per heavy atom. The van der Waals surface area contributed by atoms with E-state index >= 15 is 0 Å². The molecular weight excluding hydrogens is 434 g/mol. The number of nitro benzene ring substituents is 2. The summed E-state index contributed by atoms with van der Waals surface area (Å²) in [6.07, 6.45) is 1.43. The lowest BCUT2D eigenvalue weighted by molar-refractivity contribution is -0.395. The van der Waals surface area contributed by atoms with E-state index in [1.54, 1.807) is 12.1 Å². The van der Waals surface area contributed by atoms with Crippen molar-refractivity contribution in [3.05, 3.63) is 78.8 Å². The molecule has 14 heteroatoms. The monoisotopic (exact) mass is 449 g/mol. The van der Waals surface area contributed by atoms with Crippen molar-refractivity contribution < 1.29 is 22.7 Å². The van der Waals surface area contributed by atoms with Crippen LogP contribution in [-0.4, -0.2) is 34.6 Å². The Morgan fingerprint density at radius 2 is 1.77 bits per heavy atom. The molecule has 0 radical (unpaired) electrons. The zero-order valence-corrected chi connectivity index (χ0v) is 16.7. The van der Waals surface area contributed by atoms with Gasteiger partial charge in [-0.2, -0.15) is 5.10 Å². The minimum absolute atomic E-state index is 0.164. The van der Waals surface area contributed by atoms with Gasteiger partial charge in [0.15, 0.2) is 5.76 Å². The van der Waals surface area contributed by atoms with Crippen LogP contribution in [0.25, 0.3) is 11.5 Å². The second kappa shape index (κ2) is 8.45. The molecule has 1 aromatic carbocycles. The first-order valence-electron chi connectivity index (χ1n) is 8.65. The standard InChI is InChI=1S/C17H15N5O8S/c1-11-14(21(24)25)9-12(10-15(11)22(26)27)31(28,29)18-6-7-20-17(23)5-4-13(19-20)16-3-2-8-30-16/h2-5,8-10,18H,6-7H2,1H3. The third-order valence-electron chi connectivity index (χ3n) is 4.29. The van der Waals surface area contributed by atoms with Gasteiger partial charge in [0.1, 0.15) is 11.3 Å². The van der Waals surface area contributed by atoms with Crippen LogP contribution in [0.2, 0.25) is 0 Å². The van der Waals surface area contributed by atoms with Gasteiger partial charge in [-0.25, -0.2) is 17.8 Å². The number of nitrogens with one attached hydrogen (secondary N) is 1. The molecule has 0 unspecified atom stereocenters. The summed E-state index contributed by atoms with van der Waals surface area (Å²) in [4.78, 5) is 31.9. The number of hydrogen-bond donors (Lipinski definition) is 1. The fourth-order valence-corrected chi connectivity index (χ4v) is 3.79. The van der Waals surface area contributed by atoms with Gasteiger partial charge < -0.3 is 4.42 Å². The molecule has 0 atom stereocenters. The minimum Gasteiger partial charge on any atom is -0.463 e. The maximum Gasteiger partial charge on any atom is 0.280 e. The summed E-state index contributed by atoms with van der Waals surface area (Å²) >= 11 is 0. The average Bonchev–Trinajstić information content (AvgIpc) is 3.23. The van der Waals surface area contributed by atoms with E-state index in [0.29, 0.717) is 11.5 Å². The van der Waals surface area contributed by atoms with Gasteiger partial charge in [0.05, 0.1) is 27.6 Å². The number of benzene rings is 1. The van der Waals surface area contributed by atoms with Gasteiger partial charge >= 0.3 is 0 Å². The molecule has 0 aliphatic heterocycles. The van der Waals surface area contributed by atoms with Crippen molar-refractivity contribution in [2.24, 2.45) is 0 Å². The summed E-state index contributed by atoms with van der Waals surface area (Å²) in [6.45, 7) is 0.694. The summed E-state index contributed by atoms with van der Waals surface area (Å²) in [6, 6.07) is 7.45. The maximum absolute atomic E-state index is 12.5. The predicted octanol–water partition coefficient (Wildman–Crippen LogP) is 1.61. The van der Waals surface area contributed by atoms with Crippen molar-refractivity contribution in [1.29, 1.82) is 0 Å². The first-order chi connectivity index (χ1) is 14.6. The van der Waals surface area contributed by atoms with Gasteiger partial charge in [-0.3, -0.25) is 25.0 Å². The van der Waals surface area contributed by atoms with Crippen LogP contribution in [0.15, 0.2) is 56.8 Å². The van der Waals surface area contributed by atoms with Gasteiger partial charge in [-0.05, 0) is 25.1 Å². The van der Waals surface area contributed by atoms with Gasteiger partial charge in [-0.1, -0.05) is 0 Å². The second-order valence-electron chi connectivity index (χ2n) is 6.26.